The highest BCUT2D eigenvalue weighted by Gasteiger charge is 2.20. The van der Waals surface area contributed by atoms with E-state index >= 15 is 0 Å². The summed E-state index contributed by atoms with van der Waals surface area (Å²) in [7, 11) is 0. The average Bonchev–Trinajstić information content (AvgIpc) is 2.30. The summed E-state index contributed by atoms with van der Waals surface area (Å²) in [6.45, 7) is 4.33. The number of aromatic nitrogens is 2. The summed E-state index contributed by atoms with van der Waals surface area (Å²) in [5.74, 6) is 1.91. The van der Waals surface area contributed by atoms with E-state index in [1.54, 1.807) is 18.7 Å². The Balaban J connectivity index is 2.75. The van der Waals surface area contributed by atoms with Gasteiger partial charge in [-0.3, -0.25) is 0 Å². The highest BCUT2D eigenvalue weighted by molar-refractivity contribution is 7.98. The van der Waals surface area contributed by atoms with Crippen LogP contribution < -0.4 is 11.1 Å². The highest BCUT2D eigenvalue weighted by Crippen LogP contribution is 2.20. The van der Waals surface area contributed by atoms with Crippen LogP contribution in [-0.2, 0) is 6.42 Å². The van der Waals surface area contributed by atoms with E-state index in [0.29, 0.717) is 18.1 Å². The third-order valence-corrected chi connectivity index (χ3v) is 3.48. The standard InChI is InChI=1S/C12H22N4OS/c1-4-5-9-10(13)15-8-16-11(9)14-6-12(2,17)7-18-3/h8,17H,4-7H2,1-3H3,(H3,13,14,15,16). The fraction of sp³-hybridized carbons (Fsp3) is 0.667. The van der Waals surface area contributed by atoms with Gasteiger partial charge in [0.1, 0.15) is 18.0 Å². The summed E-state index contributed by atoms with van der Waals surface area (Å²) in [6, 6.07) is 0. The molecule has 0 amide bonds. The number of nitrogens with zero attached hydrogens (tertiary/aromatic N) is 2. The molecule has 1 aromatic rings. The minimum absolute atomic E-state index is 0.445. The molecule has 0 saturated carbocycles. The molecule has 5 nitrogen and oxygen atoms in total. The Morgan fingerprint density at radius 3 is 2.83 bits per heavy atom. The lowest BCUT2D eigenvalue weighted by molar-refractivity contribution is 0.0996. The highest BCUT2D eigenvalue weighted by atomic mass is 32.2. The maximum Gasteiger partial charge on any atom is 0.134 e. The minimum atomic E-state index is -0.761. The molecule has 1 heterocycles. The molecule has 1 aromatic heterocycles. The van der Waals surface area contributed by atoms with Gasteiger partial charge in [-0.2, -0.15) is 11.8 Å². The van der Waals surface area contributed by atoms with Crippen LogP contribution in [0.5, 0.6) is 0 Å². The summed E-state index contributed by atoms with van der Waals surface area (Å²) in [6.07, 6.45) is 5.23. The maximum absolute atomic E-state index is 10.1. The van der Waals surface area contributed by atoms with E-state index in [9.17, 15) is 5.11 Å². The Hall–Kier alpha value is -1.01. The van der Waals surface area contributed by atoms with Gasteiger partial charge >= 0.3 is 0 Å². The molecule has 0 saturated heterocycles. The second kappa shape index (κ2) is 6.80. The van der Waals surface area contributed by atoms with Crippen LogP contribution in [-0.4, -0.2) is 39.2 Å². The van der Waals surface area contributed by atoms with Crippen LogP contribution in [0.4, 0.5) is 11.6 Å². The van der Waals surface area contributed by atoms with Gasteiger partial charge in [0, 0.05) is 17.9 Å². The lowest BCUT2D eigenvalue weighted by Gasteiger charge is -2.23. The van der Waals surface area contributed by atoms with Crippen molar-refractivity contribution in [2.24, 2.45) is 0 Å². The molecule has 0 radical (unpaired) electrons. The van der Waals surface area contributed by atoms with E-state index in [-0.39, 0.29) is 0 Å². The van der Waals surface area contributed by atoms with Gasteiger partial charge in [-0.15, -0.1) is 0 Å². The van der Waals surface area contributed by atoms with Gasteiger partial charge in [0.2, 0.25) is 0 Å². The Morgan fingerprint density at radius 2 is 2.22 bits per heavy atom. The fourth-order valence-corrected chi connectivity index (χ4v) is 2.43. The fourth-order valence-electron chi connectivity index (χ4n) is 1.71. The molecule has 18 heavy (non-hydrogen) atoms. The number of nitrogens with two attached hydrogens (primary N) is 1. The zero-order valence-corrected chi connectivity index (χ0v) is 12.0. The molecule has 0 aliphatic heterocycles. The topological polar surface area (TPSA) is 84.1 Å². The first-order chi connectivity index (χ1) is 8.50. The van der Waals surface area contributed by atoms with Gasteiger partial charge in [0.15, 0.2) is 0 Å². The first kappa shape index (κ1) is 15.0. The van der Waals surface area contributed by atoms with Gasteiger partial charge in [-0.05, 0) is 19.6 Å². The van der Waals surface area contributed by atoms with Crippen molar-refractivity contribution in [3.8, 4) is 0 Å². The van der Waals surface area contributed by atoms with Crippen molar-refractivity contribution in [3.05, 3.63) is 11.9 Å². The van der Waals surface area contributed by atoms with Crippen LogP contribution in [0.25, 0.3) is 0 Å². The van der Waals surface area contributed by atoms with E-state index in [2.05, 4.69) is 22.2 Å². The van der Waals surface area contributed by atoms with Crippen molar-refractivity contribution in [1.29, 1.82) is 0 Å². The molecule has 4 N–H and O–H groups in total. The number of hydrogen-bond donors (Lipinski definition) is 3. The van der Waals surface area contributed by atoms with E-state index < -0.39 is 5.60 Å². The zero-order chi connectivity index (χ0) is 13.6. The normalized spacial score (nSPS) is 14.2. The molecular weight excluding hydrogens is 248 g/mol. The van der Waals surface area contributed by atoms with Crippen molar-refractivity contribution in [3.63, 3.8) is 0 Å². The molecular formula is C12H22N4OS. The number of hydrogen-bond acceptors (Lipinski definition) is 6. The largest absolute Gasteiger partial charge is 0.387 e. The lowest BCUT2D eigenvalue weighted by atomic mass is 10.1. The smallest absolute Gasteiger partial charge is 0.134 e. The summed E-state index contributed by atoms with van der Waals surface area (Å²) in [5, 5.41) is 13.3. The van der Waals surface area contributed by atoms with Crippen molar-refractivity contribution < 1.29 is 5.11 Å². The van der Waals surface area contributed by atoms with Crippen LogP contribution in [0.15, 0.2) is 6.33 Å². The van der Waals surface area contributed by atoms with Crippen molar-refractivity contribution >= 4 is 23.4 Å². The quantitative estimate of drug-likeness (QED) is 0.697. The van der Waals surface area contributed by atoms with Gasteiger partial charge in [0.25, 0.3) is 0 Å². The second-order valence-electron chi connectivity index (χ2n) is 4.62. The Labute approximate surface area is 113 Å². The lowest BCUT2D eigenvalue weighted by Crippen LogP contribution is -2.36. The predicted octanol–water partition coefficient (Wildman–Crippen LogP) is 1.54. The average molecular weight is 270 g/mol. The number of nitrogens with one attached hydrogen (secondary N) is 1. The Kier molecular flexibility index (Phi) is 5.68. The number of aliphatic hydroxyl groups is 1. The molecule has 0 aromatic carbocycles. The monoisotopic (exact) mass is 270 g/mol. The van der Waals surface area contributed by atoms with E-state index in [0.717, 1.165) is 24.2 Å². The van der Waals surface area contributed by atoms with Crippen LogP contribution in [0.1, 0.15) is 25.8 Å². The molecule has 0 aliphatic rings. The van der Waals surface area contributed by atoms with Crippen molar-refractivity contribution in [2.75, 3.05) is 29.6 Å². The molecule has 0 fully saturated rings. The molecule has 1 rings (SSSR count). The number of thioether (sulfide) groups is 1. The second-order valence-corrected chi connectivity index (χ2v) is 5.49. The first-order valence-electron chi connectivity index (χ1n) is 6.04. The molecule has 0 spiro atoms. The molecule has 1 atom stereocenters. The molecule has 6 heteroatoms. The summed E-state index contributed by atoms with van der Waals surface area (Å²) in [5.41, 5.74) is 6.02. The predicted molar refractivity (Wildman–Crippen MR) is 77.9 cm³/mol. The van der Waals surface area contributed by atoms with E-state index in [4.69, 9.17) is 5.73 Å². The maximum atomic E-state index is 10.1. The van der Waals surface area contributed by atoms with Crippen LogP contribution in [0, 0.1) is 0 Å². The SMILES string of the molecule is CCCc1c(N)ncnc1NCC(C)(O)CSC. The first-order valence-corrected chi connectivity index (χ1v) is 7.44. The third-order valence-electron chi connectivity index (χ3n) is 2.57. The summed E-state index contributed by atoms with van der Waals surface area (Å²) in [4.78, 5) is 8.20. The third kappa shape index (κ3) is 4.34. The molecule has 1 unspecified atom stereocenters. The van der Waals surface area contributed by atoms with Crippen LogP contribution in [0.3, 0.4) is 0 Å². The van der Waals surface area contributed by atoms with Gasteiger partial charge in [-0.1, -0.05) is 13.3 Å². The zero-order valence-electron chi connectivity index (χ0n) is 11.2. The van der Waals surface area contributed by atoms with Gasteiger partial charge < -0.3 is 16.2 Å². The Morgan fingerprint density at radius 1 is 1.50 bits per heavy atom. The molecule has 102 valence electrons. The van der Waals surface area contributed by atoms with Gasteiger partial charge in [-0.25, -0.2) is 9.97 Å². The number of rotatable bonds is 7. The van der Waals surface area contributed by atoms with Crippen molar-refractivity contribution in [2.45, 2.75) is 32.3 Å². The Bertz CT molecular complexity index is 384. The number of nitrogen functional groups attached to an aromatic ring is 1. The van der Waals surface area contributed by atoms with E-state index in [1.165, 1.54) is 6.33 Å². The van der Waals surface area contributed by atoms with Gasteiger partial charge in [0.05, 0.1) is 5.60 Å². The molecule has 0 bridgehead atoms. The summed E-state index contributed by atoms with van der Waals surface area (Å²) >= 11 is 1.61. The van der Waals surface area contributed by atoms with Crippen molar-refractivity contribution in [1.82, 2.24) is 9.97 Å². The van der Waals surface area contributed by atoms with E-state index in [1.807, 2.05) is 6.26 Å². The van der Waals surface area contributed by atoms with Crippen LogP contribution in [0.2, 0.25) is 0 Å². The minimum Gasteiger partial charge on any atom is -0.387 e. The molecule has 0 aliphatic carbocycles. The number of anilines is 2. The summed E-state index contributed by atoms with van der Waals surface area (Å²) < 4.78 is 0. The van der Waals surface area contributed by atoms with Crippen LogP contribution >= 0.6 is 11.8 Å².